The van der Waals surface area contributed by atoms with Gasteiger partial charge in [0.25, 0.3) is 0 Å². The minimum atomic E-state index is -4.74. The Morgan fingerprint density at radius 1 is 0.661 bits per heavy atom. The monoisotopic (exact) mass is 846 g/mol. The second-order valence-electron chi connectivity index (χ2n) is 14.8. The Labute approximate surface area is 333 Å². The number of carbonyl (C=O) groups is 2. The number of nitrogens with one attached hydrogen (secondary N) is 2. The molecule has 0 unspecified atom stereocenters. The topological polar surface area (TPSA) is 114 Å². The maximum atomic E-state index is 12.5. The van der Waals surface area contributed by atoms with Crippen LogP contribution in [0.5, 0.6) is 17.2 Å². The Morgan fingerprint density at radius 3 is 1.57 bits per heavy atom. The van der Waals surface area contributed by atoms with Gasteiger partial charge in [0.15, 0.2) is 0 Å². The number of hydrogen-bond acceptors (Lipinski definition) is 7. The lowest BCUT2D eigenvalue weighted by Gasteiger charge is -2.19. The molecule has 2 amide bonds. The van der Waals surface area contributed by atoms with E-state index in [9.17, 15) is 22.8 Å². The highest BCUT2D eigenvalue weighted by molar-refractivity contribution is 9.10. The number of nitrogens with zero attached hydrogens (tertiary/aromatic N) is 2. The molecule has 2 N–H and O–H groups in total. The summed E-state index contributed by atoms with van der Waals surface area (Å²) < 4.78 is 67.7. The summed E-state index contributed by atoms with van der Waals surface area (Å²) in [5.74, 6) is 1.23. The highest BCUT2D eigenvalue weighted by atomic mass is 79.9. The average molecular weight is 848 g/mol. The van der Waals surface area contributed by atoms with Gasteiger partial charge in [-0.2, -0.15) is 0 Å². The average Bonchev–Trinajstić information content (AvgIpc) is 3.62. The first-order valence-electron chi connectivity index (χ1n) is 18.0. The molecule has 15 heteroatoms. The zero-order valence-electron chi connectivity index (χ0n) is 32.9. The Morgan fingerprint density at radius 2 is 1.11 bits per heavy atom. The van der Waals surface area contributed by atoms with E-state index in [1.54, 1.807) is 47.1 Å². The summed E-state index contributed by atoms with van der Waals surface area (Å²) in [6.07, 6.45) is -0.103. The van der Waals surface area contributed by atoms with Gasteiger partial charge in [0, 0.05) is 70.4 Å². The first-order chi connectivity index (χ1) is 26.2. The van der Waals surface area contributed by atoms with E-state index in [4.69, 9.17) is 18.9 Å². The lowest BCUT2D eigenvalue weighted by molar-refractivity contribution is -0.274. The van der Waals surface area contributed by atoms with Crippen LogP contribution in [0.2, 0.25) is 0 Å². The summed E-state index contributed by atoms with van der Waals surface area (Å²) in [6.45, 7) is 13.4. The van der Waals surface area contributed by atoms with Gasteiger partial charge in [-0.25, -0.2) is 9.59 Å². The van der Waals surface area contributed by atoms with Crippen LogP contribution in [0.4, 0.5) is 22.8 Å². The molecule has 0 saturated carbocycles. The van der Waals surface area contributed by atoms with Crippen LogP contribution in [0.3, 0.4) is 0 Å². The maximum absolute atomic E-state index is 12.5. The molecule has 11 nitrogen and oxygen atoms in total. The largest absolute Gasteiger partial charge is 0.573 e. The lowest BCUT2D eigenvalue weighted by Crippen LogP contribution is -2.33. The van der Waals surface area contributed by atoms with Crippen LogP contribution in [-0.2, 0) is 22.6 Å². The summed E-state index contributed by atoms with van der Waals surface area (Å²) in [7, 11) is 3.23. The maximum Gasteiger partial charge on any atom is 0.573 e. The fraction of sp³-hybridized carbons (Fsp3) is 0.415. The molecular formula is C41H50BrF3N4O7. The van der Waals surface area contributed by atoms with E-state index < -0.39 is 23.7 Å². The summed E-state index contributed by atoms with van der Waals surface area (Å²) in [4.78, 5) is 23.4. The number of fused-ring (bicyclic) bond motifs is 2. The van der Waals surface area contributed by atoms with Crippen LogP contribution < -0.4 is 24.8 Å². The summed E-state index contributed by atoms with van der Waals surface area (Å²) in [6, 6.07) is 17.4. The normalized spacial score (nSPS) is 11.8. The SMILES string of the molecule is COc1ccc2c(c1)c(-c1ccc(OC(F)(F)F)cc1)cn2CCCNC(=O)OC(C)(C)C.COc1ccc2c(c1)c(Br)cn2CCCNC(=O)OC(C)(C)C. The van der Waals surface area contributed by atoms with Crippen molar-refractivity contribution in [2.24, 2.45) is 0 Å². The van der Waals surface area contributed by atoms with Crippen molar-refractivity contribution in [2.75, 3.05) is 27.3 Å². The predicted octanol–water partition coefficient (Wildman–Crippen LogP) is 10.5. The number of alkyl carbamates (subject to hydrolysis) is 2. The fourth-order valence-corrected chi connectivity index (χ4v) is 6.27. The second kappa shape index (κ2) is 18.7. The van der Waals surface area contributed by atoms with Crippen LogP contribution in [-0.4, -0.2) is 66.2 Å². The first kappa shape index (κ1) is 43.7. The van der Waals surface area contributed by atoms with Crippen molar-refractivity contribution in [1.29, 1.82) is 0 Å². The standard InChI is InChI=1S/C24H27F3N2O4.C17H23BrN2O3/c1-23(2,3)33-22(30)28-12-5-13-29-15-20(19-14-18(31-4)10-11-21(19)29)16-6-8-17(9-7-16)32-24(25,26)27;1-17(2,3)23-16(21)19-8-5-9-20-11-14(18)13-10-12(22-4)6-7-15(13)20/h6-11,14-15H,5,12-13H2,1-4H3,(H,28,30);6-7,10-11H,5,8-9H2,1-4H3,(H,19,21). The van der Waals surface area contributed by atoms with Gasteiger partial charge in [0.05, 0.1) is 14.2 Å². The van der Waals surface area contributed by atoms with Gasteiger partial charge in [0.1, 0.15) is 28.5 Å². The Bertz CT molecular complexity index is 2080. The number of aromatic nitrogens is 2. The Hall–Kier alpha value is -5.05. The molecule has 0 fully saturated rings. The molecule has 0 bridgehead atoms. The van der Waals surface area contributed by atoms with E-state index >= 15 is 0 Å². The quantitative estimate of drug-likeness (QED) is 0.120. The van der Waals surface area contributed by atoms with Crippen molar-refractivity contribution in [3.8, 4) is 28.4 Å². The minimum absolute atomic E-state index is 0.277. The Balaban J connectivity index is 0.000000265. The molecule has 0 aliphatic heterocycles. The minimum Gasteiger partial charge on any atom is -0.497 e. The predicted molar refractivity (Wildman–Crippen MR) is 215 cm³/mol. The van der Waals surface area contributed by atoms with E-state index in [0.717, 1.165) is 56.1 Å². The van der Waals surface area contributed by atoms with E-state index in [2.05, 4.69) is 42.1 Å². The molecule has 0 aliphatic carbocycles. The van der Waals surface area contributed by atoms with Crippen LogP contribution in [0.25, 0.3) is 32.9 Å². The van der Waals surface area contributed by atoms with Crippen molar-refractivity contribution < 1.29 is 46.4 Å². The molecule has 0 radical (unpaired) electrons. The number of hydrogen-bond donors (Lipinski definition) is 2. The number of carbonyl (C=O) groups excluding carboxylic acids is 2. The van der Waals surface area contributed by atoms with Crippen molar-refractivity contribution in [3.63, 3.8) is 0 Å². The van der Waals surface area contributed by atoms with Crippen molar-refractivity contribution in [2.45, 2.75) is 85.0 Å². The van der Waals surface area contributed by atoms with Crippen molar-refractivity contribution in [3.05, 3.63) is 77.5 Å². The van der Waals surface area contributed by atoms with Gasteiger partial charge < -0.3 is 43.5 Å². The molecule has 2 aromatic heterocycles. The first-order valence-corrected chi connectivity index (χ1v) is 18.8. The summed E-state index contributed by atoms with van der Waals surface area (Å²) >= 11 is 3.58. The highest BCUT2D eigenvalue weighted by Crippen LogP contribution is 2.35. The third kappa shape index (κ3) is 13.3. The molecule has 0 aliphatic rings. The highest BCUT2D eigenvalue weighted by Gasteiger charge is 2.31. The third-order valence-corrected chi connectivity index (χ3v) is 8.65. The number of alkyl halides is 3. The molecule has 5 rings (SSSR count). The zero-order valence-corrected chi connectivity index (χ0v) is 34.5. The van der Waals surface area contributed by atoms with Crippen LogP contribution in [0.15, 0.2) is 77.5 Å². The zero-order chi connectivity index (χ0) is 41.3. The van der Waals surface area contributed by atoms with Gasteiger partial charge in [-0.3, -0.25) is 0 Å². The van der Waals surface area contributed by atoms with E-state index in [0.29, 0.717) is 31.8 Å². The van der Waals surface area contributed by atoms with Gasteiger partial charge >= 0.3 is 18.5 Å². The molecule has 304 valence electrons. The molecule has 2 heterocycles. The Kier molecular flexibility index (Phi) is 14.6. The van der Waals surface area contributed by atoms with Gasteiger partial charge in [-0.1, -0.05) is 12.1 Å². The third-order valence-electron chi connectivity index (χ3n) is 8.01. The van der Waals surface area contributed by atoms with E-state index in [1.165, 1.54) is 12.1 Å². The van der Waals surface area contributed by atoms with E-state index in [-0.39, 0.29) is 11.8 Å². The second-order valence-corrected chi connectivity index (χ2v) is 15.7. The number of methoxy groups -OCH3 is 2. The molecule has 0 spiro atoms. The van der Waals surface area contributed by atoms with Gasteiger partial charge in [-0.15, -0.1) is 13.2 Å². The van der Waals surface area contributed by atoms with Crippen LogP contribution in [0.1, 0.15) is 54.4 Å². The molecule has 0 saturated heterocycles. The number of amides is 2. The number of aryl methyl sites for hydroxylation is 2. The smallest absolute Gasteiger partial charge is 0.497 e. The van der Waals surface area contributed by atoms with Crippen LogP contribution >= 0.6 is 15.9 Å². The van der Waals surface area contributed by atoms with Gasteiger partial charge in [-0.05, 0) is 124 Å². The molecule has 56 heavy (non-hydrogen) atoms. The summed E-state index contributed by atoms with van der Waals surface area (Å²) in [5, 5.41) is 7.53. The molecule has 0 atom stereocenters. The number of ether oxygens (including phenoxy) is 5. The number of benzene rings is 3. The van der Waals surface area contributed by atoms with Crippen molar-refractivity contribution in [1.82, 2.24) is 19.8 Å². The molecular weight excluding hydrogens is 797 g/mol. The molecule has 5 aromatic rings. The molecule has 3 aromatic carbocycles. The number of rotatable bonds is 12. The lowest BCUT2D eigenvalue weighted by atomic mass is 10.0. The van der Waals surface area contributed by atoms with Gasteiger partial charge in [0.2, 0.25) is 0 Å². The van der Waals surface area contributed by atoms with E-state index in [1.807, 2.05) is 67.9 Å². The van der Waals surface area contributed by atoms with Crippen molar-refractivity contribution >= 4 is 49.9 Å². The summed E-state index contributed by atoms with van der Waals surface area (Å²) in [5.41, 5.74) is 2.64. The van der Waals surface area contributed by atoms with Crippen LogP contribution in [0, 0.1) is 0 Å². The fourth-order valence-electron chi connectivity index (χ4n) is 5.71. The number of halogens is 4.